The van der Waals surface area contributed by atoms with Crippen LogP contribution in [0.2, 0.25) is 0 Å². The van der Waals surface area contributed by atoms with Gasteiger partial charge in [0, 0.05) is 11.4 Å². The van der Waals surface area contributed by atoms with E-state index < -0.39 is 31.1 Å². The molecule has 0 aliphatic rings. The predicted molar refractivity (Wildman–Crippen MR) is 107 cm³/mol. The second-order valence-electron chi connectivity index (χ2n) is 6.89. The molecule has 0 fully saturated rings. The second kappa shape index (κ2) is 8.81. The van der Waals surface area contributed by atoms with Crippen molar-refractivity contribution in [3.05, 3.63) is 58.7 Å². The Morgan fingerprint density at radius 1 is 0.656 bits per heavy atom. The topological polar surface area (TPSA) is 92.3 Å². The molecule has 0 aliphatic carbocycles. The minimum Gasteiger partial charge on any atom is -0.276 e. The zero-order chi connectivity index (χ0) is 24.5. The zero-order valence-electron chi connectivity index (χ0n) is 16.6. The van der Waals surface area contributed by atoms with Gasteiger partial charge in [0.2, 0.25) is 0 Å². The van der Waals surface area contributed by atoms with Crippen LogP contribution in [0.25, 0.3) is 0 Å². The lowest BCUT2D eigenvalue weighted by Gasteiger charge is -2.14. The number of halogens is 6. The highest BCUT2D eigenvalue weighted by Crippen LogP contribution is 2.28. The first-order valence-electron chi connectivity index (χ1n) is 8.80. The number of sulfonamides is 2. The molecule has 14 heteroatoms. The summed E-state index contributed by atoms with van der Waals surface area (Å²) in [5.41, 5.74) is -8.92. The molecule has 0 amide bonds. The Balaban J connectivity index is 2.11. The summed E-state index contributed by atoms with van der Waals surface area (Å²) in [6.45, 7) is 3.17. The Labute approximate surface area is 180 Å². The quantitative estimate of drug-likeness (QED) is 0.539. The summed E-state index contributed by atoms with van der Waals surface area (Å²) in [5, 5.41) is 0. The highest BCUT2D eigenvalue weighted by atomic mass is 32.2. The molecule has 0 bridgehead atoms. The Kier molecular flexibility index (Phi) is 7.10. The van der Waals surface area contributed by atoms with Gasteiger partial charge in [-0.15, -0.1) is 0 Å². The van der Waals surface area contributed by atoms with E-state index in [1.165, 1.54) is 45.8 Å². The van der Waals surface area contributed by atoms with Crippen LogP contribution < -0.4 is 9.44 Å². The summed E-state index contributed by atoms with van der Waals surface area (Å²) in [4.78, 5) is 0. The van der Waals surface area contributed by atoms with E-state index in [0.717, 1.165) is 0 Å². The molecule has 178 valence electrons. The Morgan fingerprint density at radius 2 is 0.969 bits per heavy atom. The van der Waals surface area contributed by atoms with Gasteiger partial charge >= 0.3 is 31.1 Å². The summed E-state index contributed by atoms with van der Waals surface area (Å²) in [5.74, 6) is 0. The Bertz CT molecular complexity index is 1110. The molecular formula is C18H18F6N2O4S2. The van der Waals surface area contributed by atoms with Crippen molar-refractivity contribution >= 4 is 31.4 Å². The third-order valence-electron chi connectivity index (χ3n) is 4.46. The summed E-state index contributed by atoms with van der Waals surface area (Å²) in [6, 6.07) is 7.80. The molecule has 0 saturated heterocycles. The van der Waals surface area contributed by atoms with Gasteiger partial charge in [-0.25, -0.2) is 0 Å². The van der Waals surface area contributed by atoms with E-state index in [1.807, 2.05) is 0 Å². The van der Waals surface area contributed by atoms with Gasteiger partial charge in [0.15, 0.2) is 0 Å². The third-order valence-corrected chi connectivity index (χ3v) is 6.69. The predicted octanol–water partition coefficient (Wildman–Crippen LogP) is 4.61. The van der Waals surface area contributed by atoms with Crippen molar-refractivity contribution in [3.63, 3.8) is 0 Å². The monoisotopic (exact) mass is 504 g/mol. The molecule has 2 rings (SSSR count). The summed E-state index contributed by atoms with van der Waals surface area (Å²) in [7, 11) is -11.1. The van der Waals surface area contributed by atoms with Crippen LogP contribution in [0.15, 0.2) is 36.4 Å². The number of benzene rings is 2. The molecule has 2 aromatic carbocycles. The number of nitrogens with one attached hydrogen (secondary N) is 2. The fourth-order valence-corrected chi connectivity index (χ4v) is 3.88. The van der Waals surface area contributed by atoms with Gasteiger partial charge in [-0.3, -0.25) is 9.44 Å². The maximum atomic E-state index is 12.5. The largest absolute Gasteiger partial charge is 0.516 e. The SMILES string of the molecule is Cc1cc(NS(=O)(=O)C(F)(F)F)ccc1CCc1ccc(NS(=O)(=O)C(F)(F)F)cc1C. The van der Waals surface area contributed by atoms with E-state index in [4.69, 9.17) is 0 Å². The zero-order valence-corrected chi connectivity index (χ0v) is 18.2. The van der Waals surface area contributed by atoms with Gasteiger partial charge < -0.3 is 0 Å². The van der Waals surface area contributed by atoms with Crippen LogP contribution in [0.3, 0.4) is 0 Å². The molecule has 32 heavy (non-hydrogen) atoms. The molecule has 0 unspecified atom stereocenters. The van der Waals surface area contributed by atoms with Crippen molar-refractivity contribution < 1.29 is 43.2 Å². The van der Waals surface area contributed by atoms with Gasteiger partial charge in [0.05, 0.1) is 0 Å². The normalized spacial score (nSPS) is 13.1. The number of rotatable bonds is 7. The average Bonchev–Trinajstić information content (AvgIpc) is 2.59. The first-order chi connectivity index (χ1) is 14.4. The maximum absolute atomic E-state index is 12.5. The molecule has 0 saturated carbocycles. The van der Waals surface area contributed by atoms with Crippen molar-refractivity contribution in [2.24, 2.45) is 0 Å². The van der Waals surface area contributed by atoms with Crippen LogP contribution in [0, 0.1) is 13.8 Å². The molecule has 0 aliphatic heterocycles. The lowest BCUT2D eigenvalue weighted by molar-refractivity contribution is -0.0435. The first-order valence-corrected chi connectivity index (χ1v) is 11.8. The molecule has 0 heterocycles. The average molecular weight is 504 g/mol. The van der Waals surface area contributed by atoms with Gasteiger partial charge in [0.1, 0.15) is 0 Å². The molecule has 0 aromatic heterocycles. The maximum Gasteiger partial charge on any atom is 0.516 e. The number of hydrogen-bond donors (Lipinski definition) is 2. The fourth-order valence-electron chi connectivity index (χ4n) is 2.78. The molecule has 6 nitrogen and oxygen atoms in total. The molecule has 0 spiro atoms. The molecule has 0 radical (unpaired) electrons. The summed E-state index contributed by atoms with van der Waals surface area (Å²) < 4.78 is 123. The first kappa shape index (κ1) is 25.8. The molecule has 2 N–H and O–H groups in total. The van der Waals surface area contributed by atoms with Crippen molar-refractivity contribution in [2.45, 2.75) is 37.7 Å². The van der Waals surface area contributed by atoms with E-state index >= 15 is 0 Å². The van der Waals surface area contributed by atoms with Crippen LogP contribution in [0.5, 0.6) is 0 Å². The van der Waals surface area contributed by atoms with E-state index in [1.54, 1.807) is 13.8 Å². The van der Waals surface area contributed by atoms with Crippen LogP contribution in [-0.2, 0) is 32.9 Å². The minimum atomic E-state index is -5.54. The van der Waals surface area contributed by atoms with Gasteiger partial charge in [-0.2, -0.15) is 43.2 Å². The smallest absolute Gasteiger partial charge is 0.276 e. The van der Waals surface area contributed by atoms with Crippen molar-refractivity contribution in [3.8, 4) is 0 Å². The van der Waals surface area contributed by atoms with Crippen LogP contribution in [0.1, 0.15) is 22.3 Å². The number of aryl methyl sites for hydroxylation is 4. The van der Waals surface area contributed by atoms with Crippen LogP contribution in [-0.4, -0.2) is 27.9 Å². The van der Waals surface area contributed by atoms with E-state index in [2.05, 4.69) is 0 Å². The molecule has 2 aromatic rings. The second-order valence-corrected chi connectivity index (χ2v) is 10.2. The number of alkyl halides is 6. The Hall–Kier alpha value is -2.48. The lowest BCUT2D eigenvalue weighted by atomic mass is 9.97. The molecule has 0 atom stereocenters. The van der Waals surface area contributed by atoms with Gasteiger partial charge in [-0.1, -0.05) is 12.1 Å². The molecular weight excluding hydrogens is 486 g/mol. The van der Waals surface area contributed by atoms with E-state index in [-0.39, 0.29) is 11.4 Å². The van der Waals surface area contributed by atoms with Crippen LogP contribution in [0.4, 0.5) is 37.7 Å². The van der Waals surface area contributed by atoms with Crippen molar-refractivity contribution in [2.75, 3.05) is 9.44 Å². The highest BCUT2D eigenvalue weighted by molar-refractivity contribution is 7.93. The van der Waals surface area contributed by atoms with E-state index in [9.17, 15) is 43.2 Å². The fraction of sp³-hybridized carbons (Fsp3) is 0.333. The van der Waals surface area contributed by atoms with Gasteiger partial charge in [0.25, 0.3) is 0 Å². The highest BCUT2D eigenvalue weighted by Gasteiger charge is 2.46. The number of hydrogen-bond acceptors (Lipinski definition) is 4. The van der Waals surface area contributed by atoms with Crippen molar-refractivity contribution in [1.82, 2.24) is 0 Å². The number of anilines is 2. The van der Waals surface area contributed by atoms with Crippen molar-refractivity contribution in [1.29, 1.82) is 0 Å². The van der Waals surface area contributed by atoms with Crippen LogP contribution >= 0.6 is 0 Å². The Morgan fingerprint density at radius 3 is 1.22 bits per heavy atom. The summed E-state index contributed by atoms with van der Waals surface area (Å²) >= 11 is 0. The van der Waals surface area contributed by atoms with Gasteiger partial charge in [-0.05, 0) is 73.2 Å². The summed E-state index contributed by atoms with van der Waals surface area (Å²) in [6.07, 6.45) is 0.791. The standard InChI is InChI=1S/C18H18F6N2O4S2/c1-11-9-15(25-31(27,28)17(19,20)21)7-5-13(11)3-4-14-6-8-16(10-12(14)2)26-32(29,30)18(22,23)24/h5-10,25-26H,3-4H2,1-2H3. The van der Waals surface area contributed by atoms with E-state index in [0.29, 0.717) is 35.1 Å². The minimum absolute atomic E-state index is 0.249. The lowest BCUT2D eigenvalue weighted by Crippen LogP contribution is -2.29. The third kappa shape index (κ3) is 6.06.